The standard InChI is InChI=1S/C16H19ClN4S/c1-20-12-5-6-13-16(22-11-10-21(13)9-7-17)15(12)19-14(20)4-2-3-8-18/h5-6H,2-4,7,9-11H2,1H3. The van der Waals surface area contributed by atoms with Crippen molar-refractivity contribution >= 4 is 40.1 Å². The van der Waals surface area contributed by atoms with Gasteiger partial charge < -0.3 is 9.47 Å². The number of hydrogen-bond donors (Lipinski definition) is 0. The number of fused-ring (bicyclic) bond motifs is 3. The van der Waals surface area contributed by atoms with E-state index in [2.05, 4.69) is 34.7 Å². The van der Waals surface area contributed by atoms with E-state index in [0.29, 0.717) is 12.3 Å². The van der Waals surface area contributed by atoms with Crippen molar-refractivity contribution in [2.45, 2.75) is 24.2 Å². The van der Waals surface area contributed by atoms with E-state index in [1.165, 1.54) is 16.1 Å². The molecule has 1 aliphatic rings. The molecule has 2 heterocycles. The number of hydrogen-bond acceptors (Lipinski definition) is 4. The molecule has 22 heavy (non-hydrogen) atoms. The van der Waals surface area contributed by atoms with E-state index in [0.717, 1.165) is 43.0 Å². The molecule has 0 saturated heterocycles. The zero-order valence-electron chi connectivity index (χ0n) is 12.7. The number of thioether (sulfide) groups is 1. The smallest absolute Gasteiger partial charge is 0.109 e. The Morgan fingerprint density at radius 2 is 2.32 bits per heavy atom. The number of nitriles is 1. The number of aryl methyl sites for hydroxylation is 2. The fourth-order valence-corrected chi connectivity index (χ4v) is 4.28. The van der Waals surface area contributed by atoms with Crippen LogP contribution in [0.25, 0.3) is 11.0 Å². The Hall–Kier alpha value is -1.38. The number of nitrogens with zero attached hydrogens (tertiary/aromatic N) is 4. The van der Waals surface area contributed by atoms with E-state index in [1.807, 2.05) is 11.8 Å². The van der Waals surface area contributed by atoms with Gasteiger partial charge in [0.05, 0.1) is 22.2 Å². The molecular weight excluding hydrogens is 316 g/mol. The molecule has 0 spiro atoms. The van der Waals surface area contributed by atoms with E-state index >= 15 is 0 Å². The monoisotopic (exact) mass is 334 g/mol. The summed E-state index contributed by atoms with van der Waals surface area (Å²) in [6, 6.07) is 6.55. The number of halogens is 1. The first-order valence-corrected chi connectivity index (χ1v) is 9.07. The minimum atomic E-state index is 0.583. The molecule has 1 aliphatic heterocycles. The maximum atomic E-state index is 8.69. The number of aromatic nitrogens is 2. The van der Waals surface area contributed by atoms with Gasteiger partial charge in [-0.3, -0.25) is 0 Å². The number of rotatable bonds is 5. The second-order valence-electron chi connectivity index (χ2n) is 5.40. The molecule has 6 heteroatoms. The summed E-state index contributed by atoms with van der Waals surface area (Å²) >= 11 is 7.81. The summed E-state index contributed by atoms with van der Waals surface area (Å²) in [7, 11) is 2.06. The zero-order valence-corrected chi connectivity index (χ0v) is 14.3. The van der Waals surface area contributed by atoms with Gasteiger partial charge in [-0.2, -0.15) is 5.26 Å². The molecular formula is C16H19ClN4S. The van der Waals surface area contributed by atoms with E-state index in [-0.39, 0.29) is 0 Å². The van der Waals surface area contributed by atoms with Gasteiger partial charge in [0.1, 0.15) is 11.3 Å². The summed E-state index contributed by atoms with van der Waals surface area (Å²) < 4.78 is 2.16. The first-order chi connectivity index (χ1) is 10.8. The number of alkyl halides is 1. The van der Waals surface area contributed by atoms with Gasteiger partial charge >= 0.3 is 0 Å². The van der Waals surface area contributed by atoms with E-state index in [4.69, 9.17) is 21.8 Å². The molecule has 0 saturated carbocycles. The number of benzene rings is 1. The van der Waals surface area contributed by atoms with Gasteiger partial charge in [0.15, 0.2) is 0 Å². The number of unbranched alkanes of at least 4 members (excludes halogenated alkanes) is 1. The SMILES string of the molecule is Cn1c(CCCC#N)nc2c3c(ccc21)N(CCCl)CCS3. The van der Waals surface area contributed by atoms with Crippen molar-refractivity contribution in [2.75, 3.05) is 29.6 Å². The summed E-state index contributed by atoms with van der Waals surface area (Å²) in [5.41, 5.74) is 3.52. The minimum absolute atomic E-state index is 0.583. The minimum Gasteiger partial charge on any atom is -0.369 e. The third kappa shape index (κ3) is 2.78. The Labute approximate surface area is 140 Å². The van der Waals surface area contributed by atoms with Crippen LogP contribution in [0.2, 0.25) is 0 Å². The average Bonchev–Trinajstić information content (AvgIpc) is 2.85. The highest BCUT2D eigenvalue weighted by molar-refractivity contribution is 7.99. The Balaban J connectivity index is 2.00. The maximum absolute atomic E-state index is 8.69. The van der Waals surface area contributed by atoms with E-state index < -0.39 is 0 Å². The lowest BCUT2D eigenvalue weighted by Gasteiger charge is -2.30. The summed E-state index contributed by atoms with van der Waals surface area (Å²) in [4.78, 5) is 8.49. The predicted octanol–water partition coefficient (Wildman–Crippen LogP) is 3.57. The molecule has 1 aromatic carbocycles. The molecule has 0 bridgehead atoms. The molecule has 0 radical (unpaired) electrons. The maximum Gasteiger partial charge on any atom is 0.109 e. The Morgan fingerprint density at radius 3 is 3.09 bits per heavy atom. The van der Waals surface area contributed by atoms with Gasteiger partial charge in [-0.25, -0.2) is 4.98 Å². The van der Waals surface area contributed by atoms with Crippen molar-refractivity contribution in [1.82, 2.24) is 9.55 Å². The first kappa shape index (κ1) is 15.5. The van der Waals surface area contributed by atoms with E-state index in [1.54, 1.807) is 0 Å². The molecule has 1 aromatic heterocycles. The highest BCUT2D eigenvalue weighted by Crippen LogP contribution is 2.40. The zero-order chi connectivity index (χ0) is 15.5. The van der Waals surface area contributed by atoms with Crippen LogP contribution in [0.5, 0.6) is 0 Å². The summed E-state index contributed by atoms with van der Waals surface area (Å²) in [5, 5.41) is 8.69. The lowest BCUT2D eigenvalue weighted by Crippen LogP contribution is -2.30. The number of imidazole rings is 1. The molecule has 4 nitrogen and oxygen atoms in total. The summed E-state index contributed by atoms with van der Waals surface area (Å²) in [6.07, 6.45) is 2.30. The summed E-state index contributed by atoms with van der Waals surface area (Å²) in [6.45, 7) is 1.92. The highest BCUT2D eigenvalue weighted by Gasteiger charge is 2.22. The Bertz CT molecular complexity index is 719. The average molecular weight is 335 g/mol. The van der Waals surface area contributed by atoms with Gasteiger partial charge in [-0.15, -0.1) is 23.4 Å². The van der Waals surface area contributed by atoms with Gasteiger partial charge in [0.2, 0.25) is 0 Å². The highest BCUT2D eigenvalue weighted by atomic mass is 35.5. The van der Waals surface area contributed by atoms with E-state index in [9.17, 15) is 0 Å². The second kappa shape index (κ2) is 6.80. The van der Waals surface area contributed by atoms with Crippen LogP contribution in [0.1, 0.15) is 18.7 Å². The van der Waals surface area contributed by atoms with Gasteiger partial charge in [0.25, 0.3) is 0 Å². The third-order valence-electron chi connectivity index (χ3n) is 4.07. The van der Waals surface area contributed by atoms with Crippen LogP contribution >= 0.6 is 23.4 Å². The molecule has 0 aliphatic carbocycles. The lowest BCUT2D eigenvalue weighted by atomic mass is 10.2. The predicted molar refractivity (Wildman–Crippen MR) is 92.9 cm³/mol. The Morgan fingerprint density at radius 1 is 1.45 bits per heavy atom. The Kier molecular flexibility index (Phi) is 4.80. The largest absolute Gasteiger partial charge is 0.369 e. The fourth-order valence-electron chi connectivity index (χ4n) is 2.93. The van der Waals surface area contributed by atoms with Crippen LogP contribution in [0.4, 0.5) is 5.69 Å². The molecule has 0 atom stereocenters. The topological polar surface area (TPSA) is 44.9 Å². The molecule has 0 N–H and O–H groups in total. The van der Waals surface area contributed by atoms with Crippen LogP contribution in [-0.4, -0.2) is 34.3 Å². The van der Waals surface area contributed by atoms with Crippen LogP contribution in [0, 0.1) is 11.3 Å². The molecule has 0 amide bonds. The van der Waals surface area contributed by atoms with Gasteiger partial charge in [-0.1, -0.05) is 0 Å². The summed E-state index contributed by atoms with van der Waals surface area (Å²) in [5.74, 6) is 2.78. The molecule has 0 fully saturated rings. The molecule has 2 aromatic rings. The molecule has 0 unspecified atom stereocenters. The quantitative estimate of drug-likeness (QED) is 0.619. The van der Waals surface area contributed by atoms with Crippen molar-refractivity contribution in [3.63, 3.8) is 0 Å². The van der Waals surface area contributed by atoms with Crippen LogP contribution in [0.15, 0.2) is 17.0 Å². The molecule has 3 rings (SSSR count). The van der Waals surface area contributed by atoms with Gasteiger partial charge in [-0.05, 0) is 18.6 Å². The number of anilines is 1. The van der Waals surface area contributed by atoms with Gasteiger partial charge in [0, 0.05) is 44.6 Å². The fraction of sp³-hybridized carbons (Fsp3) is 0.500. The lowest BCUT2D eigenvalue weighted by molar-refractivity contribution is 0.746. The molecule has 116 valence electrons. The van der Waals surface area contributed by atoms with Crippen molar-refractivity contribution in [3.8, 4) is 6.07 Å². The first-order valence-electron chi connectivity index (χ1n) is 7.55. The van der Waals surface area contributed by atoms with Crippen molar-refractivity contribution in [3.05, 3.63) is 18.0 Å². The normalized spacial score (nSPS) is 14.1. The third-order valence-corrected chi connectivity index (χ3v) is 5.32. The second-order valence-corrected chi connectivity index (χ2v) is 6.89. The van der Waals surface area contributed by atoms with Crippen LogP contribution < -0.4 is 4.90 Å². The van der Waals surface area contributed by atoms with Crippen molar-refractivity contribution < 1.29 is 0 Å². The van der Waals surface area contributed by atoms with Crippen LogP contribution in [-0.2, 0) is 13.5 Å². The van der Waals surface area contributed by atoms with Crippen molar-refractivity contribution in [2.24, 2.45) is 7.05 Å². The van der Waals surface area contributed by atoms with Crippen LogP contribution in [0.3, 0.4) is 0 Å². The van der Waals surface area contributed by atoms with Crippen molar-refractivity contribution in [1.29, 1.82) is 5.26 Å².